The van der Waals surface area contributed by atoms with Crippen LogP contribution < -0.4 is 0 Å². The molecule has 0 aromatic heterocycles. The van der Waals surface area contributed by atoms with Crippen LogP contribution in [0.4, 0.5) is 0 Å². The average molecular weight is 357 g/mol. The number of fused-ring (bicyclic) bond motifs is 1. The Morgan fingerprint density at radius 2 is 1.64 bits per heavy atom. The number of hydrogen-bond donors (Lipinski definition) is 0. The van der Waals surface area contributed by atoms with Crippen LogP contribution in [0.15, 0.2) is 54.6 Å². The van der Waals surface area contributed by atoms with Crippen molar-refractivity contribution in [3.63, 3.8) is 0 Å². The van der Waals surface area contributed by atoms with Crippen molar-refractivity contribution in [1.29, 1.82) is 0 Å². The molecule has 0 unspecified atom stereocenters. The van der Waals surface area contributed by atoms with E-state index in [1.54, 1.807) is 0 Å². The lowest BCUT2D eigenvalue weighted by Gasteiger charge is -2.29. The fourth-order valence-electron chi connectivity index (χ4n) is 3.21. The molecular weight excluding hydrogens is 334 g/mol. The summed E-state index contributed by atoms with van der Waals surface area (Å²) in [7, 11) is -3.18. The number of nitrogens with zero attached hydrogens (tertiary/aromatic N) is 1. The molecule has 0 N–H and O–H groups in total. The second-order valence-corrected chi connectivity index (χ2v) is 8.70. The number of benzene rings is 2. The predicted molar refractivity (Wildman–Crippen MR) is 98.7 cm³/mol. The van der Waals surface area contributed by atoms with Gasteiger partial charge < -0.3 is 4.90 Å². The van der Waals surface area contributed by atoms with Crippen LogP contribution in [0.5, 0.6) is 0 Å². The van der Waals surface area contributed by atoms with Crippen LogP contribution >= 0.6 is 0 Å². The first-order valence-corrected chi connectivity index (χ1v) is 10.4. The number of sulfone groups is 1. The highest BCUT2D eigenvalue weighted by atomic mass is 32.2. The highest BCUT2D eigenvalue weighted by molar-refractivity contribution is 7.90. The molecule has 0 aliphatic carbocycles. The van der Waals surface area contributed by atoms with Gasteiger partial charge in [-0.15, -0.1) is 0 Å². The van der Waals surface area contributed by atoms with E-state index in [1.165, 1.54) is 11.1 Å². The van der Waals surface area contributed by atoms with Gasteiger partial charge >= 0.3 is 0 Å². The van der Waals surface area contributed by atoms with Crippen LogP contribution in [0.3, 0.4) is 0 Å². The lowest BCUT2D eigenvalue weighted by molar-refractivity contribution is -0.132. The SMILES string of the molecule is O=C(CCCS(=O)(=O)Cc1ccccc1)N1CCc2ccccc2C1. The number of carbonyl (C=O) groups is 1. The van der Waals surface area contributed by atoms with E-state index in [0.29, 0.717) is 19.5 Å². The Morgan fingerprint density at radius 1 is 0.960 bits per heavy atom. The Bertz CT molecular complexity index is 831. The highest BCUT2D eigenvalue weighted by Crippen LogP contribution is 2.19. The van der Waals surface area contributed by atoms with Gasteiger partial charge in [-0.05, 0) is 29.5 Å². The molecule has 0 radical (unpaired) electrons. The molecule has 2 aromatic carbocycles. The van der Waals surface area contributed by atoms with E-state index in [0.717, 1.165) is 12.0 Å². The standard InChI is InChI=1S/C20H23NO3S/c22-20(21-13-12-18-9-4-5-10-19(18)15-21)11-6-14-25(23,24)16-17-7-2-1-3-8-17/h1-5,7-10H,6,11-16H2. The second-order valence-electron chi connectivity index (χ2n) is 6.52. The third-order valence-corrected chi connectivity index (χ3v) is 6.24. The molecule has 5 heteroatoms. The molecule has 0 atom stereocenters. The predicted octanol–water partition coefficient (Wildman–Crippen LogP) is 2.97. The normalized spacial score (nSPS) is 14.2. The van der Waals surface area contributed by atoms with Crippen LogP contribution in [0.25, 0.3) is 0 Å². The van der Waals surface area contributed by atoms with Gasteiger partial charge in [-0.2, -0.15) is 0 Å². The van der Waals surface area contributed by atoms with Gasteiger partial charge in [-0.25, -0.2) is 8.42 Å². The summed E-state index contributed by atoms with van der Waals surface area (Å²) in [5, 5.41) is 0. The summed E-state index contributed by atoms with van der Waals surface area (Å²) in [6, 6.07) is 17.3. The van der Waals surface area contributed by atoms with E-state index in [-0.39, 0.29) is 23.8 Å². The van der Waals surface area contributed by atoms with Crippen LogP contribution in [0.2, 0.25) is 0 Å². The Hall–Kier alpha value is -2.14. The van der Waals surface area contributed by atoms with E-state index in [2.05, 4.69) is 12.1 Å². The van der Waals surface area contributed by atoms with Gasteiger partial charge in [-0.1, -0.05) is 54.6 Å². The first kappa shape index (κ1) is 17.7. The van der Waals surface area contributed by atoms with Gasteiger partial charge in [0, 0.05) is 19.5 Å². The third kappa shape index (κ3) is 4.92. The van der Waals surface area contributed by atoms with Crippen molar-refractivity contribution in [3.05, 3.63) is 71.3 Å². The Labute approximate surface area is 149 Å². The molecule has 25 heavy (non-hydrogen) atoms. The third-order valence-electron chi connectivity index (χ3n) is 4.56. The summed E-state index contributed by atoms with van der Waals surface area (Å²) in [5.74, 6) is 0.140. The van der Waals surface area contributed by atoms with Gasteiger partial charge in [-0.3, -0.25) is 4.79 Å². The van der Waals surface area contributed by atoms with Gasteiger partial charge in [0.15, 0.2) is 9.84 Å². The van der Waals surface area contributed by atoms with Crippen molar-refractivity contribution in [2.45, 2.75) is 31.6 Å². The first-order valence-electron chi connectivity index (χ1n) is 8.62. The number of hydrogen-bond acceptors (Lipinski definition) is 3. The smallest absolute Gasteiger partial charge is 0.222 e. The Kier molecular flexibility index (Phi) is 5.53. The average Bonchev–Trinajstić information content (AvgIpc) is 2.61. The maximum Gasteiger partial charge on any atom is 0.222 e. The maximum absolute atomic E-state index is 12.4. The second kappa shape index (κ2) is 7.83. The van der Waals surface area contributed by atoms with E-state index < -0.39 is 9.84 Å². The number of rotatable bonds is 6. The molecule has 3 rings (SSSR count). The van der Waals surface area contributed by atoms with Crippen LogP contribution in [-0.4, -0.2) is 31.5 Å². The van der Waals surface area contributed by atoms with Crippen molar-refractivity contribution in [3.8, 4) is 0 Å². The van der Waals surface area contributed by atoms with E-state index in [9.17, 15) is 13.2 Å². The fourth-order valence-corrected chi connectivity index (χ4v) is 4.64. The van der Waals surface area contributed by atoms with Crippen molar-refractivity contribution >= 4 is 15.7 Å². The Morgan fingerprint density at radius 3 is 2.40 bits per heavy atom. The summed E-state index contributed by atoms with van der Waals surface area (Å²) >= 11 is 0. The van der Waals surface area contributed by atoms with Crippen LogP contribution in [0, 0.1) is 0 Å². The number of amides is 1. The summed E-state index contributed by atoms with van der Waals surface area (Å²) in [4.78, 5) is 14.2. The first-order chi connectivity index (χ1) is 12.0. The highest BCUT2D eigenvalue weighted by Gasteiger charge is 2.21. The van der Waals surface area contributed by atoms with Gasteiger partial charge in [0.25, 0.3) is 0 Å². The molecule has 0 spiro atoms. The van der Waals surface area contributed by atoms with E-state index in [1.807, 2.05) is 47.4 Å². The molecule has 1 aliphatic rings. The maximum atomic E-state index is 12.4. The molecule has 0 saturated carbocycles. The van der Waals surface area contributed by atoms with E-state index >= 15 is 0 Å². The molecule has 4 nitrogen and oxygen atoms in total. The minimum atomic E-state index is -3.18. The topological polar surface area (TPSA) is 54.5 Å². The lowest BCUT2D eigenvalue weighted by atomic mass is 10.00. The molecule has 0 saturated heterocycles. The molecule has 2 aromatic rings. The quantitative estimate of drug-likeness (QED) is 0.799. The fraction of sp³-hybridized carbons (Fsp3) is 0.350. The minimum absolute atomic E-state index is 0.0408. The zero-order chi connectivity index (χ0) is 17.7. The minimum Gasteiger partial charge on any atom is -0.338 e. The van der Waals surface area contributed by atoms with Gasteiger partial charge in [0.1, 0.15) is 0 Å². The summed E-state index contributed by atoms with van der Waals surface area (Å²) in [5.41, 5.74) is 3.29. The molecule has 0 fully saturated rings. The molecular formula is C20H23NO3S. The van der Waals surface area contributed by atoms with Crippen LogP contribution in [0.1, 0.15) is 29.5 Å². The van der Waals surface area contributed by atoms with Crippen molar-refractivity contribution in [1.82, 2.24) is 4.90 Å². The number of carbonyl (C=O) groups excluding carboxylic acids is 1. The summed E-state index contributed by atoms with van der Waals surface area (Å²) < 4.78 is 24.4. The Balaban J connectivity index is 1.48. The van der Waals surface area contributed by atoms with E-state index in [4.69, 9.17) is 0 Å². The zero-order valence-corrected chi connectivity index (χ0v) is 15.0. The van der Waals surface area contributed by atoms with Crippen molar-refractivity contribution < 1.29 is 13.2 Å². The molecule has 132 valence electrons. The molecule has 1 aliphatic heterocycles. The monoisotopic (exact) mass is 357 g/mol. The van der Waals surface area contributed by atoms with Crippen molar-refractivity contribution in [2.75, 3.05) is 12.3 Å². The summed E-state index contributed by atoms with van der Waals surface area (Å²) in [6.07, 6.45) is 1.54. The molecule has 1 heterocycles. The summed E-state index contributed by atoms with van der Waals surface area (Å²) in [6.45, 7) is 1.35. The van der Waals surface area contributed by atoms with Crippen LogP contribution in [-0.2, 0) is 33.4 Å². The van der Waals surface area contributed by atoms with Gasteiger partial charge in [0.2, 0.25) is 5.91 Å². The zero-order valence-electron chi connectivity index (χ0n) is 14.2. The molecule has 1 amide bonds. The lowest BCUT2D eigenvalue weighted by Crippen LogP contribution is -2.36. The molecule has 0 bridgehead atoms. The largest absolute Gasteiger partial charge is 0.338 e. The van der Waals surface area contributed by atoms with Gasteiger partial charge in [0.05, 0.1) is 11.5 Å². The van der Waals surface area contributed by atoms with Crippen molar-refractivity contribution in [2.24, 2.45) is 0 Å².